The minimum Gasteiger partial charge on any atom is -0.407 e. The third-order valence-corrected chi connectivity index (χ3v) is 51.4. The number of nitrogens with one attached hydrogen (secondary N) is 4. The van der Waals surface area contributed by atoms with Crippen LogP contribution in [0.5, 0.6) is 0 Å². The quantitative estimate of drug-likeness (QED) is 0.00935. The molecule has 8 rings (SSSR count). The summed E-state index contributed by atoms with van der Waals surface area (Å²) in [6.45, 7) is 79.0. The molecule has 0 amide bonds. The van der Waals surface area contributed by atoms with E-state index in [1.54, 1.807) is 88.8 Å². The third kappa shape index (κ3) is 34.4. The third-order valence-electron chi connectivity index (χ3n) is 28.3. The van der Waals surface area contributed by atoms with Crippen molar-refractivity contribution in [2.75, 3.05) is 148 Å². The number of rotatable bonds is 46. The van der Waals surface area contributed by atoms with Crippen molar-refractivity contribution in [2.45, 2.75) is 334 Å². The summed E-state index contributed by atoms with van der Waals surface area (Å²) in [5.41, 5.74) is -3.14. The summed E-state index contributed by atoms with van der Waals surface area (Å²) in [5.74, 6) is -5.10. The second-order valence-electron chi connectivity index (χ2n) is 45.5. The van der Waals surface area contributed by atoms with E-state index >= 15 is 0 Å². The average molecular weight is 2220 g/mol. The molecule has 25 atom stereocenters. The van der Waals surface area contributed by atoms with Gasteiger partial charge in [0.2, 0.25) is 6.54 Å². The second-order valence-corrected chi connectivity index (χ2v) is 74.7. The van der Waals surface area contributed by atoms with Crippen molar-refractivity contribution in [2.24, 2.45) is 29.6 Å². The van der Waals surface area contributed by atoms with Crippen molar-refractivity contribution < 1.29 is 113 Å². The number of hydrogen-bond acceptors (Lipinski definition) is 33. The fourth-order valence-corrected chi connectivity index (χ4v) is 32.6. The Balaban J connectivity index is 0.000000349. The van der Waals surface area contributed by atoms with Gasteiger partial charge >= 0.3 is 22.8 Å². The van der Waals surface area contributed by atoms with Crippen LogP contribution in [0.4, 0.5) is 0 Å². The van der Waals surface area contributed by atoms with Crippen LogP contribution in [0.2, 0.25) is 54.4 Å². The molecule has 1 unspecified atom stereocenters. The number of aryl methyl sites for hydroxylation is 4. The molecule has 0 bridgehead atoms. The van der Waals surface area contributed by atoms with Gasteiger partial charge in [0.25, 0.3) is 30.8 Å². The molecule has 0 saturated carbocycles. The first-order valence-electron chi connectivity index (χ1n) is 49.7. The van der Waals surface area contributed by atoms with Gasteiger partial charge in [-0.25, -0.2) is 30.4 Å². The van der Waals surface area contributed by atoms with Crippen molar-refractivity contribution in [3.8, 4) is 0 Å². The first-order chi connectivity index (χ1) is 66.9. The predicted octanol–water partition coefficient (Wildman–Crippen LogP) is 12.5. The Morgan fingerprint density at radius 2 is 0.685 bits per heavy atom. The van der Waals surface area contributed by atoms with Crippen LogP contribution >= 0.6 is 37.1 Å². The molecule has 146 heavy (non-hydrogen) atoms. The van der Waals surface area contributed by atoms with Crippen LogP contribution in [-0.2, 0) is 97.4 Å². The first-order valence-corrected chi connectivity index (χ1v) is 70.2. The molecule has 50 heteroatoms. The van der Waals surface area contributed by atoms with E-state index in [-0.39, 0.29) is 91.3 Å². The summed E-state index contributed by atoms with van der Waals surface area (Å²) in [4.78, 5) is 112. The zero-order valence-corrected chi connectivity index (χ0v) is 101. The highest BCUT2D eigenvalue weighted by Crippen LogP contribution is 2.59. The normalized spacial score (nSPS) is 25.0. The Morgan fingerprint density at radius 3 is 0.979 bits per heavy atom. The number of aromatic amines is 4. The number of aliphatic hydroxyl groups is 3. The van der Waals surface area contributed by atoms with E-state index in [9.17, 15) is 71.9 Å². The van der Waals surface area contributed by atoms with Crippen LogP contribution in [0.1, 0.15) is 172 Å². The van der Waals surface area contributed by atoms with Crippen molar-refractivity contribution in [3.05, 3.63) is 142 Å². The van der Waals surface area contributed by atoms with Gasteiger partial charge in [0.15, 0.2) is 49.9 Å². The van der Waals surface area contributed by atoms with Gasteiger partial charge in [0.05, 0.1) is 77.3 Å². The highest BCUT2D eigenvalue weighted by Gasteiger charge is 2.59. The van der Waals surface area contributed by atoms with Gasteiger partial charge in [-0.1, -0.05) is 96.9 Å². The molecular weight excluding hydrogens is 2040 g/mol. The Kier molecular flexibility index (Phi) is 49.3. The molecule has 4 aromatic heterocycles. The number of aliphatic hydroxyl groups excluding tert-OH is 3. The summed E-state index contributed by atoms with van der Waals surface area (Å²) in [7, 11) is -13.9. The molecule has 4 saturated heterocycles. The lowest BCUT2D eigenvalue weighted by atomic mass is 9.91. The smallest absolute Gasteiger partial charge is 0.330 e. The number of ether oxygens (including phenoxy) is 12. The largest absolute Gasteiger partial charge is 0.407 e. The zero-order valence-electron chi connectivity index (χ0n) is 94.0. The van der Waals surface area contributed by atoms with Gasteiger partial charge < -0.3 is 118 Å². The van der Waals surface area contributed by atoms with Crippen LogP contribution in [0, 0.1) is 63.9 Å². The van der Waals surface area contributed by atoms with Gasteiger partial charge in [0, 0.05) is 117 Å². The topological polar surface area (TPSA) is 513 Å². The number of H-pyrrole nitrogens is 4. The molecule has 0 aromatic carbocycles. The van der Waals surface area contributed by atoms with Crippen LogP contribution < -0.4 is 45.0 Å². The lowest BCUT2D eigenvalue weighted by Crippen LogP contribution is -2.49. The highest BCUT2D eigenvalue weighted by molar-refractivity contribution is 7.64. The lowest BCUT2D eigenvalue weighted by Gasteiger charge is -2.44. The molecule has 840 valence electrons. The van der Waals surface area contributed by atoms with Gasteiger partial charge in [0.1, 0.15) is 101 Å². The van der Waals surface area contributed by atoms with Crippen molar-refractivity contribution >= 4 is 62.0 Å². The molecule has 42 nitrogen and oxygen atoms in total. The van der Waals surface area contributed by atoms with Crippen molar-refractivity contribution in [1.29, 1.82) is 0 Å². The van der Waals surface area contributed by atoms with E-state index in [1.165, 1.54) is 70.6 Å². The summed E-state index contributed by atoms with van der Waals surface area (Å²) in [6.07, 6.45) is -7.24. The monoisotopic (exact) mass is 2220 g/mol. The number of hydrogen-bond donors (Lipinski definition) is 7. The van der Waals surface area contributed by atoms with E-state index in [4.69, 9.17) is 85.7 Å². The summed E-state index contributed by atoms with van der Waals surface area (Å²) >= 11 is 0. The van der Waals surface area contributed by atoms with Crippen molar-refractivity contribution in [3.63, 3.8) is 0 Å². The summed E-state index contributed by atoms with van der Waals surface area (Å²) in [5, 5.41) is 31.9. The van der Waals surface area contributed by atoms with Crippen molar-refractivity contribution in [1.82, 2.24) is 42.9 Å². The van der Waals surface area contributed by atoms with Crippen LogP contribution in [-0.4, -0.2) is 334 Å². The van der Waals surface area contributed by atoms with Gasteiger partial charge in [-0.2, -0.15) is 0 Å². The molecule has 4 aliphatic heterocycles. The van der Waals surface area contributed by atoms with Gasteiger partial charge in [-0.15, -0.1) is 0 Å². The molecule has 4 aliphatic rings. The van der Waals surface area contributed by atoms with E-state index in [0.29, 0.717) is 42.1 Å². The minimum absolute atomic E-state index is 0.0246. The fourth-order valence-electron chi connectivity index (χ4n) is 17.1. The first kappa shape index (κ1) is 132. The molecule has 8 heterocycles. The predicted molar refractivity (Wildman–Crippen MR) is 576 cm³/mol. The van der Waals surface area contributed by atoms with Crippen LogP contribution in [0.15, 0.2) is 63.1 Å². The molecular formula is C96H177N10O32P5Si3. The Hall–Kier alpha value is -4.63. The summed E-state index contributed by atoms with van der Waals surface area (Å²) in [6, 6.07) is 0.0491. The van der Waals surface area contributed by atoms with Gasteiger partial charge in [-0.05, 0) is 163 Å². The lowest BCUT2D eigenvalue weighted by molar-refractivity contribution is -0.105. The zero-order chi connectivity index (χ0) is 112. The maximum atomic E-state index is 14.1. The Morgan fingerprint density at radius 1 is 0.418 bits per heavy atom. The molecule has 4 aromatic rings. The number of nitrogens with zero attached hydrogens (tertiary/aromatic N) is 6. The molecule has 7 N–H and O–H groups in total. The SMILES string of the molecule is COCCO[C@@H]1[C@H](C)[C@@H]([C@H](C)[C@@H](O[Si](C)(C)C(C)(C)C)P(C)(C)=O)O[C@H]1n1cc(C)c(=O)[nH]c1=O.COCCO[C@@H]1[C@H](C)[C@@H]([C@H](O)[C@@H](O)P(C)(C)=O)O[C@H]1n1cc(C)c(=O)[nH]c1=O.COCCO[C@@H]1[C@H](O)[C@@H]([C@@H](C)[C@@H](O[Si](C)(C)C(C)(C)C)P(C)(C)=O)O[C@H]1n1cc(C)c(=O)[nH]c1=O.[C-]#[N+]CCOP(O[C@@H]1[C@@H]([C@@H](C)[C@@H](O[Si](C)(C)C(C)(C)C)P(C)(C)=O)O[C@@H](n2cc(C)c(=O)[nH]c2=O)[C@@H]1OCCOC)N(C(C)C)C(C)C. The number of aromatic nitrogens is 8. The maximum absolute atomic E-state index is 14.1. The Bertz CT molecular complexity index is 5430. The van der Waals surface area contributed by atoms with E-state index < -0.39 is 234 Å². The standard InChI is InChI=1S/C32H60N4O9P2Si.C24H45N2O7PSi.C23H43N2O8PSi.C17H29N2O8P/c1-21(2)36(22(3)4)46(42-17-16-33-10)44-26-25(24(6)30(47(12,13)39)45-48(14,15)32(7,8)9)43-29(27(26)41-19-18-40-11)35-20-23(5)28(37)34-31(35)38;1-15-14-26(23(28)25-20(15)27)21-19(31-13-12-30-7)16(2)18(32-21)17(3)22(34(8,9)29)33-35(10,11)24(4,5)6;1-14-13-25(22(28)24-19(14)27)20-18(31-12-11-30-6)16(26)17(32-20)15(2)21(34(7,8)29)33-35(9,10)23(3,4)5;1-9-8-19(17(23)18-14(9)21)15-13(26-7-6-25-3)10(2)12(27-15)11(20)16(22)28(4,5)24/h20-22,24-27,29-30H,16-19H2,1-9,11-15H3,(H,34,37,38);14,16-19,21-22H,12-13H2,1-11H3,(H,25,27,28);13,15-18,20-21,26H,11-12H2,1-10H3,(H,24,27,28);8,10-13,15-16,20,22H,6-7H2,1-5H3,(H,18,21,23)/t24-,25-,26-,27-,29-,30+,46?;16-,17+,18+,19-,21-,22+;15-,16-,17-,18-,20-,21+;10-,11+,12+,13-,15-,16+/m1111/s1. The van der Waals surface area contributed by atoms with E-state index in [0.717, 1.165) is 0 Å². The highest BCUT2D eigenvalue weighted by atomic mass is 31.2. The molecule has 0 aliphatic carbocycles. The molecule has 0 radical (unpaired) electrons. The van der Waals surface area contributed by atoms with Crippen LogP contribution in [0.3, 0.4) is 0 Å². The van der Waals surface area contributed by atoms with E-state index in [2.05, 4.69) is 131 Å². The molecule has 0 spiro atoms. The maximum Gasteiger partial charge on any atom is 0.330 e. The molecule has 4 fully saturated rings. The minimum atomic E-state index is -3.00. The number of methoxy groups -OCH3 is 4. The Labute approximate surface area is 866 Å². The second kappa shape index (κ2) is 54.6. The van der Waals surface area contributed by atoms with Crippen LogP contribution in [0.25, 0.3) is 4.85 Å². The average Bonchev–Trinajstić information content (AvgIpc) is 1.63. The summed E-state index contributed by atoms with van der Waals surface area (Å²) < 4.78 is 164. The van der Waals surface area contributed by atoms with Gasteiger partial charge in [-0.3, -0.25) is 57.4 Å². The fraction of sp³-hybridized carbons (Fsp3) is 0.823. The van der Waals surface area contributed by atoms with E-state index in [1.807, 2.05) is 55.4 Å².